The Labute approximate surface area is 236 Å². The monoisotopic (exact) mass is 552 g/mol. The molecule has 0 unspecified atom stereocenters. The molecule has 10 heteroatoms. The zero-order valence-corrected chi connectivity index (χ0v) is 23.7. The Hall–Kier alpha value is -4.34. The van der Waals surface area contributed by atoms with Gasteiger partial charge in [-0.05, 0) is 38.8 Å². The highest BCUT2D eigenvalue weighted by atomic mass is 16.5. The molecule has 0 aromatic heterocycles. The van der Waals surface area contributed by atoms with Crippen molar-refractivity contribution in [3.8, 4) is 0 Å². The lowest BCUT2D eigenvalue weighted by molar-refractivity contribution is -0.142. The number of amides is 4. The topological polar surface area (TPSA) is 117 Å². The molecule has 40 heavy (non-hydrogen) atoms. The molecule has 0 bridgehead atoms. The molecule has 2 aromatic carbocycles. The Morgan fingerprint density at radius 2 is 1.00 bits per heavy atom. The summed E-state index contributed by atoms with van der Waals surface area (Å²) in [7, 11) is 0. The number of likely N-dealkylation sites (N-methyl/N-ethyl adjacent to an activating group) is 2. The first-order valence-corrected chi connectivity index (χ1v) is 13.6. The van der Waals surface area contributed by atoms with E-state index in [-0.39, 0.29) is 25.3 Å². The van der Waals surface area contributed by atoms with Gasteiger partial charge in [0.1, 0.15) is 13.2 Å². The van der Waals surface area contributed by atoms with E-state index in [0.29, 0.717) is 26.2 Å². The number of nitrogens with zero attached hydrogens (tertiary/aromatic N) is 2. The van der Waals surface area contributed by atoms with Crippen molar-refractivity contribution >= 4 is 24.0 Å². The van der Waals surface area contributed by atoms with Gasteiger partial charge in [0.15, 0.2) is 0 Å². The summed E-state index contributed by atoms with van der Waals surface area (Å²) in [5.41, 5.74) is 1.62. The summed E-state index contributed by atoms with van der Waals surface area (Å²) in [6.45, 7) is 8.89. The second-order valence-corrected chi connectivity index (χ2v) is 8.69. The van der Waals surface area contributed by atoms with Crippen molar-refractivity contribution < 1.29 is 28.7 Å². The maximum atomic E-state index is 12.6. The molecular weight excluding hydrogens is 512 g/mol. The fourth-order valence-electron chi connectivity index (χ4n) is 4.15. The first kappa shape index (κ1) is 31.9. The Kier molecular flexibility index (Phi) is 13.8. The Morgan fingerprint density at radius 3 is 1.30 bits per heavy atom. The minimum atomic E-state index is -0.748. The van der Waals surface area contributed by atoms with E-state index in [9.17, 15) is 19.2 Å². The lowest BCUT2D eigenvalue weighted by Gasteiger charge is -2.31. The van der Waals surface area contributed by atoms with Crippen molar-refractivity contribution in [2.45, 2.75) is 39.8 Å². The summed E-state index contributed by atoms with van der Waals surface area (Å²) in [5.74, 6) is -1.50. The largest absolute Gasteiger partial charge is 0.460 e. The number of hydrogen-bond acceptors (Lipinski definition) is 6. The third-order valence-electron chi connectivity index (χ3n) is 6.10. The van der Waals surface area contributed by atoms with E-state index < -0.39 is 24.0 Å². The lowest BCUT2D eigenvalue weighted by Crippen LogP contribution is -2.43. The fraction of sp³-hybridized carbons (Fsp3) is 0.400. The second kappa shape index (κ2) is 17.3. The number of rotatable bonds is 14. The van der Waals surface area contributed by atoms with Gasteiger partial charge in [-0.1, -0.05) is 60.7 Å². The summed E-state index contributed by atoms with van der Waals surface area (Å²) in [4.78, 5) is 53.3. The number of carbonyl (C=O) groups excluding carboxylic acids is 4. The molecule has 0 saturated heterocycles. The highest BCUT2D eigenvalue weighted by Gasteiger charge is 2.26. The Balaban J connectivity index is 2.05. The van der Waals surface area contributed by atoms with Crippen LogP contribution in [-0.4, -0.2) is 73.2 Å². The number of urea groups is 2. The standard InChI is InChI=1S/C30H40N4O6/c1-5-31-29(37)33(7-3)25(23-15-11-9-12-16-23)21-39-27(35)19-20-28(36)40-22-26(24-17-13-10-14-18-24)34(8-4)30(38)32-6-2/h9-20,25-26H,5-8,21-22H2,1-4H3,(H,31,37)(H,32,38)/b20-19+/t25-,26-/m1/s1. The van der Waals surface area contributed by atoms with Crippen molar-refractivity contribution in [2.75, 3.05) is 39.4 Å². The third kappa shape index (κ3) is 9.76. The summed E-state index contributed by atoms with van der Waals surface area (Å²) >= 11 is 0. The first-order valence-electron chi connectivity index (χ1n) is 13.6. The van der Waals surface area contributed by atoms with Crippen LogP contribution in [0.15, 0.2) is 72.8 Å². The molecule has 0 heterocycles. The van der Waals surface area contributed by atoms with E-state index in [4.69, 9.17) is 9.47 Å². The van der Waals surface area contributed by atoms with Gasteiger partial charge in [-0.25, -0.2) is 19.2 Å². The van der Waals surface area contributed by atoms with Gasteiger partial charge >= 0.3 is 24.0 Å². The summed E-state index contributed by atoms with van der Waals surface area (Å²) in [5, 5.41) is 5.56. The number of esters is 2. The maximum Gasteiger partial charge on any atom is 0.331 e. The summed E-state index contributed by atoms with van der Waals surface area (Å²) < 4.78 is 10.8. The predicted molar refractivity (Wildman–Crippen MR) is 152 cm³/mol. The van der Waals surface area contributed by atoms with Crippen molar-refractivity contribution in [3.63, 3.8) is 0 Å². The first-order chi connectivity index (χ1) is 19.4. The molecule has 0 fully saturated rings. The van der Waals surface area contributed by atoms with Crippen LogP contribution in [-0.2, 0) is 19.1 Å². The van der Waals surface area contributed by atoms with Crippen LogP contribution in [0.3, 0.4) is 0 Å². The summed E-state index contributed by atoms with van der Waals surface area (Å²) in [6, 6.07) is 17.0. The third-order valence-corrected chi connectivity index (χ3v) is 6.10. The molecule has 2 atom stereocenters. The normalized spacial score (nSPS) is 12.2. The van der Waals surface area contributed by atoms with E-state index in [1.165, 1.54) is 0 Å². The van der Waals surface area contributed by atoms with E-state index in [1.807, 2.05) is 88.4 Å². The maximum absolute atomic E-state index is 12.6. The molecule has 2 aromatic rings. The van der Waals surface area contributed by atoms with Crippen LogP contribution >= 0.6 is 0 Å². The summed E-state index contributed by atoms with van der Waals surface area (Å²) in [6.07, 6.45) is 1.98. The number of nitrogens with one attached hydrogen (secondary N) is 2. The van der Waals surface area contributed by atoms with Crippen LogP contribution in [0.5, 0.6) is 0 Å². The predicted octanol–water partition coefficient (Wildman–Crippen LogP) is 4.21. The molecule has 4 amide bonds. The Morgan fingerprint density at radius 1 is 0.650 bits per heavy atom. The number of carbonyl (C=O) groups is 4. The molecule has 2 N–H and O–H groups in total. The van der Waals surface area contributed by atoms with Crippen LogP contribution in [0.2, 0.25) is 0 Å². The molecule has 0 aliphatic carbocycles. The minimum Gasteiger partial charge on any atom is -0.460 e. The van der Waals surface area contributed by atoms with Gasteiger partial charge in [-0.2, -0.15) is 0 Å². The Bertz CT molecular complexity index is 1020. The van der Waals surface area contributed by atoms with Crippen LogP contribution in [0.1, 0.15) is 50.9 Å². The van der Waals surface area contributed by atoms with Crippen molar-refractivity contribution in [1.82, 2.24) is 20.4 Å². The van der Waals surface area contributed by atoms with Gasteiger partial charge < -0.3 is 29.9 Å². The quantitative estimate of drug-likeness (QED) is 0.268. The molecule has 0 aliphatic heterocycles. The van der Waals surface area contributed by atoms with Crippen LogP contribution in [0, 0.1) is 0 Å². The van der Waals surface area contributed by atoms with E-state index in [2.05, 4.69) is 10.6 Å². The molecule has 0 saturated carbocycles. The number of hydrogen-bond donors (Lipinski definition) is 2. The van der Waals surface area contributed by atoms with Crippen LogP contribution < -0.4 is 10.6 Å². The number of benzene rings is 2. The van der Waals surface area contributed by atoms with Gasteiger partial charge in [0.05, 0.1) is 12.1 Å². The van der Waals surface area contributed by atoms with Crippen molar-refractivity contribution in [3.05, 3.63) is 83.9 Å². The molecule has 0 spiro atoms. The SMILES string of the molecule is CCNC(=O)N(CC)[C@H](COC(=O)/C=C/C(=O)OC[C@H](c1ccccc1)N(CC)C(=O)NCC)c1ccccc1. The van der Waals surface area contributed by atoms with E-state index in [0.717, 1.165) is 23.3 Å². The fourth-order valence-corrected chi connectivity index (χ4v) is 4.15. The minimum absolute atomic E-state index is 0.0959. The molecule has 216 valence electrons. The van der Waals surface area contributed by atoms with Gasteiger partial charge in [0, 0.05) is 38.3 Å². The average Bonchev–Trinajstić information content (AvgIpc) is 2.97. The van der Waals surface area contributed by atoms with Gasteiger partial charge in [-0.15, -0.1) is 0 Å². The van der Waals surface area contributed by atoms with E-state index in [1.54, 1.807) is 9.80 Å². The van der Waals surface area contributed by atoms with Gasteiger partial charge in [0.2, 0.25) is 0 Å². The highest BCUT2D eigenvalue weighted by molar-refractivity contribution is 5.91. The average molecular weight is 553 g/mol. The van der Waals surface area contributed by atoms with Crippen LogP contribution in [0.25, 0.3) is 0 Å². The molecule has 2 rings (SSSR count). The van der Waals surface area contributed by atoms with Crippen LogP contribution in [0.4, 0.5) is 9.59 Å². The lowest BCUT2D eigenvalue weighted by atomic mass is 10.1. The van der Waals surface area contributed by atoms with Crippen molar-refractivity contribution in [2.24, 2.45) is 0 Å². The molecular formula is C30H40N4O6. The second-order valence-electron chi connectivity index (χ2n) is 8.69. The molecule has 10 nitrogen and oxygen atoms in total. The molecule has 0 radical (unpaired) electrons. The molecule has 0 aliphatic rings. The van der Waals surface area contributed by atoms with Crippen molar-refractivity contribution in [1.29, 1.82) is 0 Å². The zero-order valence-electron chi connectivity index (χ0n) is 23.7. The smallest absolute Gasteiger partial charge is 0.331 e. The highest BCUT2D eigenvalue weighted by Crippen LogP contribution is 2.22. The number of ether oxygens (including phenoxy) is 2. The van der Waals surface area contributed by atoms with Gasteiger partial charge in [-0.3, -0.25) is 0 Å². The van der Waals surface area contributed by atoms with Gasteiger partial charge in [0.25, 0.3) is 0 Å². The van der Waals surface area contributed by atoms with E-state index >= 15 is 0 Å². The zero-order chi connectivity index (χ0) is 29.3.